The number of fused-ring (bicyclic) bond motifs is 1. The zero-order valence-corrected chi connectivity index (χ0v) is 14.6. The van der Waals surface area contributed by atoms with Gasteiger partial charge in [0.15, 0.2) is 23.9 Å². The molecule has 1 aliphatic heterocycles. The lowest BCUT2D eigenvalue weighted by Crippen LogP contribution is -2.21. The van der Waals surface area contributed by atoms with E-state index in [-0.39, 0.29) is 18.6 Å². The van der Waals surface area contributed by atoms with Crippen molar-refractivity contribution in [3.63, 3.8) is 0 Å². The Morgan fingerprint density at radius 3 is 2.44 bits per heavy atom. The number of ketones is 1. The maximum atomic E-state index is 11.9. The van der Waals surface area contributed by atoms with E-state index in [4.69, 9.17) is 14.2 Å². The lowest BCUT2D eigenvalue weighted by atomic mass is 10.1. The zero-order valence-electron chi connectivity index (χ0n) is 14.6. The summed E-state index contributed by atoms with van der Waals surface area (Å²) < 4.78 is 15.8. The Morgan fingerprint density at radius 1 is 0.926 bits per heavy atom. The quantitative estimate of drug-likeness (QED) is 0.596. The molecule has 0 spiro atoms. The Hall–Kier alpha value is -3.35. The minimum Gasteiger partial charge on any atom is -0.486 e. The molecule has 0 aromatic heterocycles. The van der Waals surface area contributed by atoms with Gasteiger partial charge in [0, 0.05) is 23.7 Å². The number of ether oxygens (including phenoxy) is 3. The summed E-state index contributed by atoms with van der Waals surface area (Å²) in [5.74, 6) is -0.0523. The molecule has 1 amide bonds. The van der Waals surface area contributed by atoms with Gasteiger partial charge >= 0.3 is 5.97 Å². The number of amides is 1. The van der Waals surface area contributed by atoms with Gasteiger partial charge in [-0.05, 0) is 12.1 Å². The van der Waals surface area contributed by atoms with Crippen LogP contribution in [0.5, 0.6) is 11.5 Å². The van der Waals surface area contributed by atoms with Crippen LogP contribution in [0.1, 0.15) is 23.2 Å². The second-order valence-corrected chi connectivity index (χ2v) is 5.86. The number of Topliss-reactive ketones (excluding diaryl/α,β-unsaturated/α-hetero) is 1. The van der Waals surface area contributed by atoms with Crippen molar-refractivity contribution in [2.24, 2.45) is 0 Å². The first-order chi connectivity index (χ1) is 13.1. The topological polar surface area (TPSA) is 90.9 Å². The molecule has 7 heteroatoms. The lowest BCUT2D eigenvalue weighted by Gasteiger charge is -2.19. The molecule has 2 aromatic carbocycles. The monoisotopic (exact) mass is 369 g/mol. The van der Waals surface area contributed by atoms with E-state index in [1.54, 1.807) is 42.5 Å². The fraction of sp³-hybridized carbons (Fsp3) is 0.250. The Labute approximate surface area is 156 Å². The smallest absolute Gasteiger partial charge is 0.306 e. The van der Waals surface area contributed by atoms with Crippen molar-refractivity contribution in [1.82, 2.24) is 0 Å². The number of nitrogens with one attached hydrogen (secondary N) is 1. The average molecular weight is 369 g/mol. The molecule has 0 unspecified atom stereocenters. The molecule has 0 aliphatic carbocycles. The zero-order chi connectivity index (χ0) is 19.1. The molecule has 0 saturated carbocycles. The van der Waals surface area contributed by atoms with E-state index in [2.05, 4.69) is 5.32 Å². The minimum atomic E-state index is -0.600. The molecule has 2 aromatic rings. The number of esters is 1. The van der Waals surface area contributed by atoms with Crippen LogP contribution < -0.4 is 14.8 Å². The van der Waals surface area contributed by atoms with Gasteiger partial charge in [0.05, 0.1) is 6.42 Å². The molecule has 0 fully saturated rings. The van der Waals surface area contributed by atoms with Gasteiger partial charge in [-0.25, -0.2) is 0 Å². The highest BCUT2D eigenvalue weighted by molar-refractivity contribution is 5.98. The third-order valence-electron chi connectivity index (χ3n) is 3.84. The van der Waals surface area contributed by atoms with Crippen molar-refractivity contribution >= 4 is 23.3 Å². The van der Waals surface area contributed by atoms with Gasteiger partial charge in [0.2, 0.25) is 0 Å². The third kappa shape index (κ3) is 5.31. The summed E-state index contributed by atoms with van der Waals surface area (Å²) in [5.41, 5.74) is 1.06. The van der Waals surface area contributed by atoms with Crippen molar-refractivity contribution in [3.8, 4) is 11.5 Å². The van der Waals surface area contributed by atoms with E-state index >= 15 is 0 Å². The molecule has 0 bridgehead atoms. The van der Waals surface area contributed by atoms with E-state index in [9.17, 15) is 14.4 Å². The summed E-state index contributed by atoms with van der Waals surface area (Å²) in [6.07, 6.45) is -0.0440. The maximum Gasteiger partial charge on any atom is 0.306 e. The number of hydrogen-bond acceptors (Lipinski definition) is 6. The highest BCUT2D eigenvalue weighted by atomic mass is 16.6. The molecule has 0 radical (unpaired) electrons. The number of hydrogen-bond donors (Lipinski definition) is 1. The molecule has 0 atom stereocenters. The van der Waals surface area contributed by atoms with Crippen LogP contribution in [0.2, 0.25) is 0 Å². The molecular weight excluding hydrogens is 350 g/mol. The van der Waals surface area contributed by atoms with Crippen LogP contribution in [0.15, 0.2) is 48.5 Å². The fourth-order valence-electron chi connectivity index (χ4n) is 2.52. The Kier molecular flexibility index (Phi) is 6.04. The van der Waals surface area contributed by atoms with Crippen LogP contribution in [-0.4, -0.2) is 37.5 Å². The van der Waals surface area contributed by atoms with E-state index in [1.807, 2.05) is 6.07 Å². The van der Waals surface area contributed by atoms with Crippen molar-refractivity contribution in [1.29, 1.82) is 0 Å². The van der Waals surface area contributed by atoms with Crippen molar-refractivity contribution in [2.45, 2.75) is 12.8 Å². The summed E-state index contributed by atoms with van der Waals surface area (Å²) in [6, 6.07) is 13.7. The highest BCUT2D eigenvalue weighted by Crippen LogP contribution is 2.32. The maximum absolute atomic E-state index is 11.9. The van der Waals surface area contributed by atoms with Crippen molar-refractivity contribution in [3.05, 3.63) is 54.1 Å². The van der Waals surface area contributed by atoms with Gasteiger partial charge in [0.1, 0.15) is 13.2 Å². The Morgan fingerprint density at radius 2 is 1.67 bits per heavy atom. The second-order valence-electron chi connectivity index (χ2n) is 5.86. The predicted octanol–water partition coefficient (Wildman–Crippen LogP) is 2.60. The summed E-state index contributed by atoms with van der Waals surface area (Å²) in [4.78, 5) is 35.6. The van der Waals surface area contributed by atoms with E-state index in [0.717, 1.165) is 0 Å². The van der Waals surface area contributed by atoms with Crippen molar-refractivity contribution in [2.75, 3.05) is 25.1 Å². The average Bonchev–Trinajstić information content (AvgIpc) is 2.71. The largest absolute Gasteiger partial charge is 0.486 e. The molecule has 1 heterocycles. The van der Waals surface area contributed by atoms with E-state index in [1.165, 1.54) is 0 Å². The van der Waals surface area contributed by atoms with Gasteiger partial charge < -0.3 is 19.5 Å². The summed E-state index contributed by atoms with van der Waals surface area (Å²) in [6.45, 7) is 0.512. The van der Waals surface area contributed by atoms with Gasteiger partial charge in [-0.3, -0.25) is 14.4 Å². The molecule has 27 heavy (non-hydrogen) atoms. The number of anilines is 1. The Balaban J connectivity index is 1.41. The van der Waals surface area contributed by atoms with E-state index in [0.29, 0.717) is 36.0 Å². The molecular formula is C20H19NO6. The molecule has 1 aliphatic rings. The normalized spacial score (nSPS) is 12.1. The van der Waals surface area contributed by atoms with Crippen LogP contribution in [0.4, 0.5) is 5.69 Å². The number of rotatable bonds is 7. The molecule has 3 rings (SSSR count). The van der Waals surface area contributed by atoms with Gasteiger partial charge in [-0.1, -0.05) is 30.3 Å². The summed E-state index contributed by atoms with van der Waals surface area (Å²) >= 11 is 0. The SMILES string of the molecule is O=C(COC(=O)CCC(=O)c1ccccc1)Nc1ccc2c(c1)OCCO2. The predicted molar refractivity (Wildman–Crippen MR) is 97.0 cm³/mol. The van der Waals surface area contributed by atoms with Crippen LogP contribution >= 0.6 is 0 Å². The van der Waals surface area contributed by atoms with E-state index < -0.39 is 18.5 Å². The Bertz CT molecular complexity index is 834. The highest BCUT2D eigenvalue weighted by Gasteiger charge is 2.14. The molecule has 7 nitrogen and oxygen atoms in total. The summed E-state index contributed by atoms with van der Waals surface area (Å²) in [5, 5.41) is 2.62. The summed E-state index contributed by atoms with van der Waals surface area (Å²) in [7, 11) is 0. The first kappa shape index (κ1) is 18.4. The van der Waals surface area contributed by atoms with Crippen LogP contribution in [0.3, 0.4) is 0 Å². The standard InChI is InChI=1S/C20H19NO6/c22-16(14-4-2-1-3-5-14)7-9-20(24)27-13-19(23)21-15-6-8-17-18(12-15)26-11-10-25-17/h1-6,8,12H,7,9-11,13H2,(H,21,23). The minimum absolute atomic E-state index is 0.0344. The first-order valence-corrected chi connectivity index (χ1v) is 8.55. The molecule has 140 valence electrons. The molecule has 1 N–H and O–H groups in total. The number of benzene rings is 2. The lowest BCUT2D eigenvalue weighted by molar-refractivity contribution is -0.147. The first-order valence-electron chi connectivity index (χ1n) is 8.55. The van der Waals surface area contributed by atoms with Crippen LogP contribution in [0, 0.1) is 0 Å². The fourth-order valence-corrected chi connectivity index (χ4v) is 2.52. The molecule has 0 saturated heterocycles. The van der Waals surface area contributed by atoms with Gasteiger partial charge in [-0.2, -0.15) is 0 Å². The number of carbonyl (C=O) groups excluding carboxylic acids is 3. The van der Waals surface area contributed by atoms with Crippen LogP contribution in [0.25, 0.3) is 0 Å². The van der Waals surface area contributed by atoms with Crippen LogP contribution in [-0.2, 0) is 14.3 Å². The van der Waals surface area contributed by atoms with Gasteiger partial charge in [0.25, 0.3) is 5.91 Å². The van der Waals surface area contributed by atoms with Gasteiger partial charge in [-0.15, -0.1) is 0 Å². The number of carbonyl (C=O) groups is 3. The van der Waals surface area contributed by atoms with Crippen molar-refractivity contribution < 1.29 is 28.6 Å². The third-order valence-corrected chi connectivity index (χ3v) is 3.84. The second kappa shape index (κ2) is 8.84.